The molecule has 0 radical (unpaired) electrons. The number of halogens is 1. The lowest BCUT2D eigenvalue weighted by Gasteiger charge is -2.35. The first-order valence-corrected chi connectivity index (χ1v) is 6.56. The molecule has 0 saturated carbocycles. The van der Waals surface area contributed by atoms with Crippen molar-refractivity contribution in [3.63, 3.8) is 0 Å². The van der Waals surface area contributed by atoms with Crippen molar-refractivity contribution in [2.75, 3.05) is 18.2 Å². The number of hydrogen-bond acceptors (Lipinski definition) is 3. The lowest BCUT2D eigenvalue weighted by Crippen LogP contribution is -2.50. The summed E-state index contributed by atoms with van der Waals surface area (Å²) in [5, 5.41) is 3.25. The highest BCUT2D eigenvalue weighted by molar-refractivity contribution is 7.99. The molecule has 2 aliphatic heterocycles. The number of likely N-dealkylation sites (tertiary alicyclic amines) is 1. The number of nitrogens with one attached hydrogen (secondary N) is 1. The number of amides is 1. The van der Waals surface area contributed by atoms with Crippen LogP contribution in [-0.4, -0.2) is 41.1 Å². The topological polar surface area (TPSA) is 32.3 Å². The Morgan fingerprint density at radius 2 is 2.27 bits per heavy atom. The van der Waals surface area contributed by atoms with Crippen molar-refractivity contribution in [2.45, 2.75) is 38.3 Å². The Bertz CT molecular complexity index is 221. The number of hydrogen-bond donors (Lipinski definition) is 1. The van der Waals surface area contributed by atoms with E-state index in [0.29, 0.717) is 11.9 Å². The normalized spacial score (nSPS) is 31.1. The van der Waals surface area contributed by atoms with Gasteiger partial charge >= 0.3 is 0 Å². The molecule has 0 spiro atoms. The Morgan fingerprint density at radius 1 is 1.47 bits per heavy atom. The van der Waals surface area contributed by atoms with Crippen LogP contribution in [0.15, 0.2) is 0 Å². The average molecular weight is 251 g/mol. The van der Waals surface area contributed by atoms with E-state index in [9.17, 15) is 4.79 Å². The predicted molar refractivity (Wildman–Crippen MR) is 66.5 cm³/mol. The average Bonchev–Trinajstić information content (AvgIpc) is 2.70. The van der Waals surface area contributed by atoms with Gasteiger partial charge in [0.1, 0.15) is 0 Å². The highest BCUT2D eigenvalue weighted by atomic mass is 35.5. The largest absolute Gasteiger partial charge is 0.339 e. The van der Waals surface area contributed by atoms with Crippen LogP contribution in [0.25, 0.3) is 0 Å². The predicted octanol–water partition coefficient (Wildman–Crippen LogP) is 1.47. The van der Waals surface area contributed by atoms with Crippen molar-refractivity contribution in [2.24, 2.45) is 0 Å². The number of carbonyl (C=O) groups is 1. The van der Waals surface area contributed by atoms with Crippen LogP contribution in [0.5, 0.6) is 0 Å². The Labute approximate surface area is 102 Å². The fourth-order valence-corrected chi connectivity index (χ4v) is 3.11. The van der Waals surface area contributed by atoms with E-state index in [1.54, 1.807) is 0 Å². The Hall–Kier alpha value is 0.0700. The lowest BCUT2D eigenvalue weighted by molar-refractivity contribution is -0.135. The minimum Gasteiger partial charge on any atom is -0.339 e. The van der Waals surface area contributed by atoms with Crippen molar-refractivity contribution in [1.29, 1.82) is 0 Å². The molecule has 0 aromatic heterocycles. The van der Waals surface area contributed by atoms with Gasteiger partial charge in [0, 0.05) is 24.2 Å². The first-order chi connectivity index (χ1) is 6.79. The minimum absolute atomic E-state index is 0. The van der Waals surface area contributed by atoms with Gasteiger partial charge in [0.25, 0.3) is 0 Å². The van der Waals surface area contributed by atoms with Crippen LogP contribution >= 0.6 is 24.2 Å². The second kappa shape index (κ2) is 5.97. The number of nitrogens with zero attached hydrogens (tertiary/aromatic N) is 1. The summed E-state index contributed by atoms with van der Waals surface area (Å²) < 4.78 is 0. The van der Waals surface area contributed by atoms with E-state index in [2.05, 4.69) is 17.1 Å². The number of piperidine rings is 1. The molecule has 0 aliphatic carbocycles. The summed E-state index contributed by atoms with van der Waals surface area (Å²) in [6.07, 6.45) is 3.62. The summed E-state index contributed by atoms with van der Waals surface area (Å²) in [5.74, 6) is 2.20. The molecule has 0 aromatic rings. The molecule has 3 nitrogen and oxygen atoms in total. The minimum atomic E-state index is 0. The van der Waals surface area contributed by atoms with E-state index < -0.39 is 0 Å². The second-order valence-electron chi connectivity index (χ2n) is 4.15. The van der Waals surface area contributed by atoms with Gasteiger partial charge in [-0.1, -0.05) is 0 Å². The molecule has 2 atom stereocenters. The second-order valence-corrected chi connectivity index (χ2v) is 5.18. The summed E-state index contributed by atoms with van der Waals surface area (Å²) in [6, 6.07) is 0.532. The third-order valence-corrected chi connectivity index (χ3v) is 4.04. The van der Waals surface area contributed by atoms with Gasteiger partial charge in [-0.3, -0.25) is 10.1 Å². The maximum atomic E-state index is 12.1. The van der Waals surface area contributed by atoms with Gasteiger partial charge in [-0.2, -0.15) is 0 Å². The lowest BCUT2D eigenvalue weighted by atomic mass is 10.0. The highest BCUT2D eigenvalue weighted by Gasteiger charge is 2.30. The maximum absolute atomic E-state index is 12.1. The van der Waals surface area contributed by atoms with Crippen molar-refractivity contribution in [3.8, 4) is 0 Å². The van der Waals surface area contributed by atoms with E-state index in [-0.39, 0.29) is 18.4 Å². The molecule has 2 rings (SSSR count). The van der Waals surface area contributed by atoms with E-state index >= 15 is 0 Å². The van der Waals surface area contributed by atoms with Gasteiger partial charge in [-0.15, -0.1) is 24.2 Å². The van der Waals surface area contributed by atoms with E-state index in [4.69, 9.17) is 0 Å². The zero-order chi connectivity index (χ0) is 9.97. The molecule has 2 aliphatic rings. The summed E-state index contributed by atoms with van der Waals surface area (Å²) in [6.45, 7) is 3.13. The number of carbonyl (C=O) groups excluding carboxylic acids is 1. The third kappa shape index (κ3) is 3.02. The fraction of sp³-hybridized carbons (Fsp3) is 0.900. The van der Waals surface area contributed by atoms with Crippen molar-refractivity contribution in [1.82, 2.24) is 10.2 Å². The van der Waals surface area contributed by atoms with Crippen LogP contribution < -0.4 is 5.32 Å². The highest BCUT2D eigenvalue weighted by Crippen LogP contribution is 2.19. The molecule has 15 heavy (non-hydrogen) atoms. The number of thioether (sulfide) groups is 1. The van der Waals surface area contributed by atoms with Gasteiger partial charge < -0.3 is 4.90 Å². The molecular formula is C10H19ClN2OS. The summed E-state index contributed by atoms with van der Waals surface area (Å²) in [5.41, 5.74) is 0. The first kappa shape index (κ1) is 13.1. The van der Waals surface area contributed by atoms with Crippen LogP contribution in [0.1, 0.15) is 26.2 Å². The Morgan fingerprint density at radius 3 is 2.87 bits per heavy atom. The Kier molecular flexibility index (Phi) is 5.23. The third-order valence-electron chi connectivity index (χ3n) is 3.10. The molecular weight excluding hydrogens is 232 g/mol. The van der Waals surface area contributed by atoms with Crippen molar-refractivity contribution in [3.05, 3.63) is 0 Å². The van der Waals surface area contributed by atoms with Crippen LogP contribution in [0.3, 0.4) is 0 Å². The zero-order valence-corrected chi connectivity index (χ0v) is 10.7. The smallest absolute Gasteiger partial charge is 0.240 e. The van der Waals surface area contributed by atoms with Crippen molar-refractivity contribution < 1.29 is 4.79 Å². The molecule has 0 bridgehead atoms. The molecule has 1 amide bonds. The first-order valence-electron chi connectivity index (χ1n) is 5.40. The van der Waals surface area contributed by atoms with Crippen LogP contribution in [0.4, 0.5) is 0 Å². The van der Waals surface area contributed by atoms with Gasteiger partial charge in [-0.25, -0.2) is 0 Å². The molecule has 0 aromatic carbocycles. The van der Waals surface area contributed by atoms with Crippen LogP contribution in [0.2, 0.25) is 0 Å². The maximum Gasteiger partial charge on any atom is 0.240 e. The molecule has 5 heteroatoms. The molecule has 88 valence electrons. The molecule has 2 unspecified atom stereocenters. The van der Waals surface area contributed by atoms with Crippen molar-refractivity contribution >= 4 is 30.1 Å². The van der Waals surface area contributed by atoms with Gasteiger partial charge in [0.15, 0.2) is 0 Å². The molecule has 2 saturated heterocycles. The summed E-state index contributed by atoms with van der Waals surface area (Å²) >= 11 is 1.82. The van der Waals surface area contributed by atoms with E-state index in [0.717, 1.165) is 18.2 Å². The SMILES string of the molecule is CC1CCCCN1C(=O)C1CSCN1.Cl. The molecule has 1 N–H and O–H groups in total. The monoisotopic (exact) mass is 250 g/mol. The summed E-state index contributed by atoms with van der Waals surface area (Å²) in [4.78, 5) is 14.1. The van der Waals surface area contributed by atoms with Crippen LogP contribution in [0, 0.1) is 0 Å². The molecule has 2 fully saturated rings. The van der Waals surface area contributed by atoms with Gasteiger partial charge in [0.2, 0.25) is 5.91 Å². The van der Waals surface area contributed by atoms with E-state index in [1.807, 2.05) is 11.8 Å². The van der Waals surface area contributed by atoms with Gasteiger partial charge in [0.05, 0.1) is 6.04 Å². The quantitative estimate of drug-likeness (QED) is 0.765. The molecule has 2 heterocycles. The Balaban J connectivity index is 0.00000112. The van der Waals surface area contributed by atoms with E-state index in [1.165, 1.54) is 19.3 Å². The van der Waals surface area contributed by atoms with Gasteiger partial charge in [-0.05, 0) is 26.2 Å². The summed E-state index contributed by atoms with van der Waals surface area (Å²) in [7, 11) is 0. The van der Waals surface area contributed by atoms with Crippen LogP contribution in [-0.2, 0) is 4.79 Å². The zero-order valence-electron chi connectivity index (χ0n) is 9.07. The standard InChI is InChI=1S/C10H18N2OS.ClH/c1-8-4-2-3-5-12(8)10(13)9-6-14-7-11-9;/h8-9,11H,2-7H2,1H3;1H. The fourth-order valence-electron chi connectivity index (χ4n) is 2.18. The number of rotatable bonds is 1.